The molecular weight excluding hydrogens is 357 g/mol. The van der Waals surface area contributed by atoms with Crippen LogP contribution in [0.5, 0.6) is 5.75 Å². The van der Waals surface area contributed by atoms with Crippen LogP contribution in [0.4, 0.5) is 18.9 Å². The van der Waals surface area contributed by atoms with Gasteiger partial charge in [0.05, 0.1) is 23.2 Å². The van der Waals surface area contributed by atoms with Crippen molar-refractivity contribution in [1.82, 2.24) is 4.90 Å². The van der Waals surface area contributed by atoms with Gasteiger partial charge < -0.3 is 9.64 Å². The van der Waals surface area contributed by atoms with Gasteiger partial charge in [-0.25, -0.2) is 9.79 Å². The van der Waals surface area contributed by atoms with Crippen LogP contribution >= 0.6 is 0 Å². The standard InChI is InChI=1S/C20H21F3N2O2/c1-5-25(4)12-24-18-11-13(2)17(10-14(18)3)19(26)27-16-8-6-15(7-9-16)20(21,22)23/h6-12H,5H2,1-4H3/b24-12+. The van der Waals surface area contributed by atoms with E-state index in [2.05, 4.69) is 4.99 Å². The molecule has 2 aromatic carbocycles. The average molecular weight is 378 g/mol. The number of aryl methyl sites for hydroxylation is 2. The van der Waals surface area contributed by atoms with Crippen molar-refractivity contribution < 1.29 is 22.7 Å². The van der Waals surface area contributed by atoms with Gasteiger partial charge in [0.1, 0.15) is 5.75 Å². The third kappa shape index (κ3) is 5.32. The number of carbonyl (C=O) groups excluding carboxylic acids is 1. The fraction of sp³-hybridized carbons (Fsp3) is 0.300. The Morgan fingerprint density at radius 2 is 1.78 bits per heavy atom. The number of halogens is 3. The highest BCUT2D eigenvalue weighted by atomic mass is 19.4. The quantitative estimate of drug-likeness (QED) is 0.313. The van der Waals surface area contributed by atoms with Crippen molar-refractivity contribution in [2.75, 3.05) is 13.6 Å². The second-order valence-corrected chi connectivity index (χ2v) is 6.18. The first kappa shape index (κ1) is 20.5. The van der Waals surface area contributed by atoms with E-state index in [0.717, 1.165) is 42.1 Å². The number of alkyl halides is 3. The number of nitrogens with zero attached hydrogens (tertiary/aromatic N) is 2. The van der Waals surface area contributed by atoms with Crippen LogP contribution in [0, 0.1) is 13.8 Å². The minimum atomic E-state index is -4.43. The molecule has 0 bridgehead atoms. The lowest BCUT2D eigenvalue weighted by Gasteiger charge is -2.12. The molecule has 0 amide bonds. The Labute approximate surface area is 156 Å². The van der Waals surface area contributed by atoms with Crippen LogP contribution in [0.3, 0.4) is 0 Å². The number of hydrogen-bond donors (Lipinski definition) is 0. The van der Waals surface area contributed by atoms with Crippen LogP contribution in [-0.2, 0) is 6.18 Å². The molecule has 2 aromatic rings. The lowest BCUT2D eigenvalue weighted by Crippen LogP contribution is -2.14. The Morgan fingerprint density at radius 3 is 2.33 bits per heavy atom. The van der Waals surface area contributed by atoms with Gasteiger partial charge in [-0.2, -0.15) is 13.2 Å². The van der Waals surface area contributed by atoms with E-state index in [-0.39, 0.29) is 5.75 Å². The summed E-state index contributed by atoms with van der Waals surface area (Å²) in [5.74, 6) is -0.576. The van der Waals surface area contributed by atoms with E-state index in [4.69, 9.17) is 4.74 Å². The second-order valence-electron chi connectivity index (χ2n) is 6.18. The molecular formula is C20H21F3N2O2. The van der Waals surface area contributed by atoms with E-state index in [1.165, 1.54) is 0 Å². The SMILES string of the molecule is CCN(C)/C=N/c1cc(C)c(C(=O)Oc2ccc(C(F)(F)F)cc2)cc1C. The zero-order valence-corrected chi connectivity index (χ0v) is 15.6. The minimum Gasteiger partial charge on any atom is -0.423 e. The van der Waals surface area contributed by atoms with Crippen LogP contribution in [0.15, 0.2) is 41.4 Å². The van der Waals surface area contributed by atoms with Gasteiger partial charge in [0.25, 0.3) is 0 Å². The number of esters is 1. The summed E-state index contributed by atoms with van der Waals surface area (Å²) < 4.78 is 43.0. The molecule has 0 atom stereocenters. The van der Waals surface area contributed by atoms with Crippen LogP contribution in [0.2, 0.25) is 0 Å². The first-order valence-electron chi connectivity index (χ1n) is 8.37. The summed E-state index contributed by atoms with van der Waals surface area (Å²) in [5, 5.41) is 0. The van der Waals surface area contributed by atoms with Gasteiger partial charge in [-0.15, -0.1) is 0 Å². The number of rotatable bonds is 5. The topological polar surface area (TPSA) is 41.9 Å². The lowest BCUT2D eigenvalue weighted by molar-refractivity contribution is -0.137. The molecule has 0 aliphatic carbocycles. The number of hydrogen-bond acceptors (Lipinski definition) is 3. The Morgan fingerprint density at radius 1 is 1.15 bits per heavy atom. The normalized spacial score (nSPS) is 11.7. The van der Waals surface area contributed by atoms with Crippen molar-refractivity contribution in [2.24, 2.45) is 4.99 Å². The van der Waals surface area contributed by atoms with Gasteiger partial charge in [0.2, 0.25) is 0 Å². The Balaban J connectivity index is 2.19. The fourth-order valence-corrected chi connectivity index (χ4v) is 2.28. The Hall–Kier alpha value is -2.83. The van der Waals surface area contributed by atoms with Gasteiger partial charge in [0.15, 0.2) is 0 Å². The lowest BCUT2D eigenvalue weighted by atomic mass is 10.0. The highest BCUT2D eigenvalue weighted by molar-refractivity contribution is 5.93. The smallest absolute Gasteiger partial charge is 0.416 e. The van der Waals surface area contributed by atoms with Gasteiger partial charge >= 0.3 is 12.1 Å². The number of carbonyl (C=O) groups is 1. The largest absolute Gasteiger partial charge is 0.423 e. The predicted molar refractivity (Wildman–Crippen MR) is 98.8 cm³/mol. The summed E-state index contributed by atoms with van der Waals surface area (Å²) in [6, 6.07) is 7.45. The monoisotopic (exact) mass is 378 g/mol. The first-order chi connectivity index (χ1) is 12.6. The fourth-order valence-electron chi connectivity index (χ4n) is 2.28. The minimum absolute atomic E-state index is 0.0525. The average Bonchev–Trinajstić information content (AvgIpc) is 2.61. The van der Waals surface area contributed by atoms with Crippen LogP contribution < -0.4 is 4.74 Å². The number of aliphatic imine (C=N–C) groups is 1. The molecule has 4 nitrogen and oxygen atoms in total. The van der Waals surface area contributed by atoms with Crippen molar-refractivity contribution >= 4 is 18.0 Å². The van der Waals surface area contributed by atoms with Crippen LogP contribution in [-0.4, -0.2) is 30.8 Å². The van der Waals surface area contributed by atoms with Crippen molar-refractivity contribution in [3.8, 4) is 5.75 Å². The van der Waals surface area contributed by atoms with E-state index >= 15 is 0 Å². The second kappa shape index (κ2) is 8.24. The summed E-state index contributed by atoms with van der Waals surface area (Å²) >= 11 is 0. The van der Waals surface area contributed by atoms with Gasteiger partial charge in [-0.3, -0.25) is 0 Å². The molecule has 0 radical (unpaired) electrons. The molecule has 0 aliphatic rings. The zero-order chi connectivity index (χ0) is 20.2. The predicted octanol–water partition coefficient (Wildman–Crippen LogP) is 5.15. The maximum atomic E-state index is 12.6. The molecule has 0 aliphatic heterocycles. The molecule has 0 fully saturated rings. The number of benzene rings is 2. The molecule has 0 saturated heterocycles. The highest BCUT2D eigenvalue weighted by Gasteiger charge is 2.30. The first-order valence-corrected chi connectivity index (χ1v) is 8.37. The summed E-state index contributed by atoms with van der Waals surface area (Å²) in [4.78, 5) is 18.7. The molecule has 7 heteroatoms. The molecule has 2 rings (SSSR count). The van der Waals surface area contributed by atoms with Gasteiger partial charge in [0, 0.05) is 13.6 Å². The molecule has 0 unspecified atom stereocenters. The van der Waals surface area contributed by atoms with E-state index in [9.17, 15) is 18.0 Å². The van der Waals surface area contributed by atoms with Crippen molar-refractivity contribution in [3.05, 3.63) is 58.7 Å². The maximum absolute atomic E-state index is 12.6. The third-order valence-corrected chi connectivity index (χ3v) is 4.05. The molecule has 0 heterocycles. The third-order valence-electron chi connectivity index (χ3n) is 4.05. The Bertz CT molecular complexity index is 844. The molecule has 27 heavy (non-hydrogen) atoms. The summed E-state index contributed by atoms with van der Waals surface area (Å²) in [5.41, 5.74) is 1.74. The number of ether oxygens (including phenoxy) is 1. The summed E-state index contributed by atoms with van der Waals surface area (Å²) in [6.07, 6.45) is -2.72. The maximum Gasteiger partial charge on any atom is 0.416 e. The summed E-state index contributed by atoms with van der Waals surface area (Å²) in [7, 11) is 1.90. The highest BCUT2D eigenvalue weighted by Crippen LogP contribution is 2.30. The van der Waals surface area contributed by atoms with E-state index in [1.807, 2.05) is 25.8 Å². The molecule has 0 spiro atoms. The van der Waals surface area contributed by atoms with Gasteiger partial charge in [-0.05, 0) is 68.3 Å². The summed E-state index contributed by atoms with van der Waals surface area (Å²) in [6.45, 7) is 6.40. The van der Waals surface area contributed by atoms with Crippen molar-refractivity contribution in [1.29, 1.82) is 0 Å². The molecule has 0 aromatic heterocycles. The van der Waals surface area contributed by atoms with E-state index in [1.54, 1.807) is 25.4 Å². The van der Waals surface area contributed by atoms with Crippen molar-refractivity contribution in [3.63, 3.8) is 0 Å². The van der Waals surface area contributed by atoms with Crippen LogP contribution in [0.1, 0.15) is 34.0 Å². The van der Waals surface area contributed by atoms with Crippen LogP contribution in [0.25, 0.3) is 0 Å². The van der Waals surface area contributed by atoms with Gasteiger partial charge in [-0.1, -0.05) is 0 Å². The van der Waals surface area contributed by atoms with Crippen molar-refractivity contribution in [2.45, 2.75) is 26.9 Å². The Kier molecular flexibility index (Phi) is 6.25. The zero-order valence-electron chi connectivity index (χ0n) is 15.6. The molecule has 0 saturated carbocycles. The molecule has 144 valence electrons. The van der Waals surface area contributed by atoms with E-state index < -0.39 is 17.7 Å². The van der Waals surface area contributed by atoms with E-state index in [0.29, 0.717) is 11.1 Å². The molecule has 0 N–H and O–H groups in total.